The maximum Gasteiger partial charge on any atom is 0.233 e. The van der Waals surface area contributed by atoms with Crippen molar-refractivity contribution >= 4 is 5.91 Å². The first-order valence-corrected chi connectivity index (χ1v) is 5.27. The Morgan fingerprint density at radius 2 is 2.07 bits per heavy atom. The van der Waals surface area contributed by atoms with E-state index in [0.29, 0.717) is 6.54 Å². The fraction of sp³-hybridized carbons (Fsp3) is 0.727. The first kappa shape index (κ1) is 13.2. The molecule has 3 heteroatoms. The van der Waals surface area contributed by atoms with Gasteiger partial charge in [-0.2, -0.15) is 0 Å². The molecule has 0 aromatic carbocycles. The molecule has 0 aliphatic carbocycles. The van der Waals surface area contributed by atoms with Crippen LogP contribution in [0.15, 0.2) is 11.6 Å². The summed E-state index contributed by atoms with van der Waals surface area (Å²) in [5.41, 5.74) is 1.27. The van der Waals surface area contributed by atoms with Crippen LogP contribution in [0.25, 0.3) is 0 Å². The average molecular weight is 198 g/mol. The number of nitrogens with one attached hydrogen (secondary N) is 2. The van der Waals surface area contributed by atoms with E-state index in [1.807, 2.05) is 13.8 Å². The summed E-state index contributed by atoms with van der Waals surface area (Å²) in [5.74, 6) is 0.0839. The van der Waals surface area contributed by atoms with Crippen LogP contribution < -0.4 is 10.6 Å². The van der Waals surface area contributed by atoms with Gasteiger partial charge in [0.05, 0.1) is 6.54 Å². The van der Waals surface area contributed by atoms with Gasteiger partial charge in [-0.3, -0.25) is 4.79 Å². The predicted molar refractivity (Wildman–Crippen MR) is 60.2 cm³/mol. The van der Waals surface area contributed by atoms with E-state index in [1.165, 1.54) is 5.57 Å². The van der Waals surface area contributed by atoms with E-state index in [0.717, 1.165) is 25.9 Å². The van der Waals surface area contributed by atoms with E-state index < -0.39 is 0 Å². The van der Waals surface area contributed by atoms with Crippen LogP contribution in [0, 0.1) is 0 Å². The van der Waals surface area contributed by atoms with Crippen molar-refractivity contribution in [2.24, 2.45) is 0 Å². The van der Waals surface area contributed by atoms with Gasteiger partial charge in [-0.15, -0.1) is 0 Å². The number of hydrogen-bond acceptors (Lipinski definition) is 2. The van der Waals surface area contributed by atoms with Crippen molar-refractivity contribution in [3.05, 3.63) is 11.6 Å². The van der Waals surface area contributed by atoms with Gasteiger partial charge in [0.15, 0.2) is 0 Å². The molecule has 0 atom stereocenters. The summed E-state index contributed by atoms with van der Waals surface area (Å²) in [5, 5.41) is 5.90. The molecular formula is C11H22N2O. The highest BCUT2D eigenvalue weighted by atomic mass is 16.1. The van der Waals surface area contributed by atoms with Crippen molar-refractivity contribution in [3.8, 4) is 0 Å². The van der Waals surface area contributed by atoms with Gasteiger partial charge < -0.3 is 10.6 Å². The van der Waals surface area contributed by atoms with Crippen LogP contribution >= 0.6 is 0 Å². The zero-order chi connectivity index (χ0) is 10.8. The molecule has 0 radical (unpaired) electrons. The van der Waals surface area contributed by atoms with Crippen molar-refractivity contribution in [2.45, 2.75) is 33.6 Å². The molecule has 0 unspecified atom stereocenters. The number of carbonyl (C=O) groups is 1. The van der Waals surface area contributed by atoms with E-state index in [9.17, 15) is 4.79 Å². The zero-order valence-corrected chi connectivity index (χ0v) is 9.52. The van der Waals surface area contributed by atoms with E-state index >= 15 is 0 Å². The lowest BCUT2D eigenvalue weighted by molar-refractivity contribution is -0.120. The molecule has 0 fully saturated rings. The SMILES string of the molecule is CCCCNC(=O)CNCC=C(C)C. The molecule has 0 aliphatic rings. The summed E-state index contributed by atoms with van der Waals surface area (Å²) >= 11 is 0. The quantitative estimate of drug-likeness (QED) is 0.480. The zero-order valence-electron chi connectivity index (χ0n) is 9.52. The highest BCUT2D eigenvalue weighted by Crippen LogP contribution is 1.85. The Hall–Kier alpha value is -0.830. The van der Waals surface area contributed by atoms with Crippen LogP contribution in [-0.2, 0) is 4.79 Å². The topological polar surface area (TPSA) is 41.1 Å². The third-order valence-electron chi connectivity index (χ3n) is 1.79. The molecule has 0 aromatic heterocycles. The van der Waals surface area contributed by atoms with Crippen LogP contribution in [0.3, 0.4) is 0 Å². The van der Waals surface area contributed by atoms with Crippen LogP contribution in [0.2, 0.25) is 0 Å². The Bertz CT molecular complexity index is 184. The lowest BCUT2D eigenvalue weighted by atomic mass is 10.3. The second kappa shape index (κ2) is 8.75. The lowest BCUT2D eigenvalue weighted by Gasteiger charge is -2.04. The number of allylic oxidation sites excluding steroid dienone is 1. The van der Waals surface area contributed by atoms with Gasteiger partial charge in [-0.05, 0) is 20.3 Å². The highest BCUT2D eigenvalue weighted by molar-refractivity contribution is 5.77. The molecule has 0 spiro atoms. The van der Waals surface area contributed by atoms with Crippen LogP contribution in [0.4, 0.5) is 0 Å². The molecule has 2 N–H and O–H groups in total. The van der Waals surface area contributed by atoms with Gasteiger partial charge in [0.2, 0.25) is 5.91 Å². The molecule has 0 saturated carbocycles. The van der Waals surface area contributed by atoms with Crippen LogP contribution in [0.5, 0.6) is 0 Å². The Morgan fingerprint density at radius 1 is 1.36 bits per heavy atom. The van der Waals surface area contributed by atoms with Gasteiger partial charge >= 0.3 is 0 Å². The standard InChI is InChI=1S/C11H22N2O/c1-4-5-7-13-11(14)9-12-8-6-10(2)3/h6,12H,4-5,7-9H2,1-3H3,(H,13,14). The maximum absolute atomic E-state index is 11.2. The Morgan fingerprint density at radius 3 is 2.64 bits per heavy atom. The Balaban J connectivity index is 3.31. The fourth-order valence-electron chi connectivity index (χ4n) is 0.929. The summed E-state index contributed by atoms with van der Waals surface area (Å²) in [6, 6.07) is 0. The van der Waals surface area contributed by atoms with E-state index in [4.69, 9.17) is 0 Å². The Kier molecular flexibility index (Phi) is 8.24. The smallest absolute Gasteiger partial charge is 0.233 e. The van der Waals surface area contributed by atoms with Crippen molar-refractivity contribution in [1.82, 2.24) is 10.6 Å². The molecular weight excluding hydrogens is 176 g/mol. The molecule has 0 aromatic rings. The average Bonchev–Trinajstić information content (AvgIpc) is 2.13. The summed E-state index contributed by atoms with van der Waals surface area (Å²) in [6.45, 7) is 8.17. The molecule has 1 amide bonds. The second-order valence-corrected chi connectivity index (χ2v) is 3.62. The minimum absolute atomic E-state index is 0.0839. The number of hydrogen-bond donors (Lipinski definition) is 2. The highest BCUT2D eigenvalue weighted by Gasteiger charge is 1.97. The van der Waals surface area contributed by atoms with Crippen LogP contribution in [0.1, 0.15) is 33.6 Å². The minimum atomic E-state index is 0.0839. The molecule has 14 heavy (non-hydrogen) atoms. The van der Waals surface area contributed by atoms with E-state index in [-0.39, 0.29) is 5.91 Å². The largest absolute Gasteiger partial charge is 0.355 e. The summed E-state index contributed by atoms with van der Waals surface area (Å²) in [6.07, 6.45) is 4.24. The van der Waals surface area contributed by atoms with Gasteiger partial charge in [0.1, 0.15) is 0 Å². The van der Waals surface area contributed by atoms with E-state index in [1.54, 1.807) is 0 Å². The van der Waals surface area contributed by atoms with Crippen molar-refractivity contribution in [3.63, 3.8) is 0 Å². The molecule has 3 nitrogen and oxygen atoms in total. The fourth-order valence-corrected chi connectivity index (χ4v) is 0.929. The third kappa shape index (κ3) is 9.26. The Labute approximate surface area is 87.0 Å². The lowest BCUT2D eigenvalue weighted by Crippen LogP contribution is -2.34. The normalized spacial score (nSPS) is 9.64. The molecule has 0 bridgehead atoms. The number of rotatable bonds is 7. The molecule has 0 rings (SSSR count). The van der Waals surface area contributed by atoms with Crippen molar-refractivity contribution < 1.29 is 4.79 Å². The number of amides is 1. The van der Waals surface area contributed by atoms with Crippen molar-refractivity contribution in [2.75, 3.05) is 19.6 Å². The molecule has 0 heterocycles. The molecule has 0 saturated heterocycles. The number of unbranched alkanes of at least 4 members (excludes halogenated alkanes) is 1. The van der Waals surface area contributed by atoms with Gasteiger partial charge in [-0.1, -0.05) is 25.0 Å². The second-order valence-electron chi connectivity index (χ2n) is 3.62. The maximum atomic E-state index is 11.2. The summed E-state index contributed by atoms with van der Waals surface area (Å²) in [7, 11) is 0. The van der Waals surface area contributed by atoms with Gasteiger partial charge in [-0.25, -0.2) is 0 Å². The summed E-state index contributed by atoms with van der Waals surface area (Å²) < 4.78 is 0. The van der Waals surface area contributed by atoms with Crippen LogP contribution in [-0.4, -0.2) is 25.5 Å². The predicted octanol–water partition coefficient (Wildman–Crippen LogP) is 1.46. The van der Waals surface area contributed by atoms with Gasteiger partial charge in [0, 0.05) is 13.1 Å². The van der Waals surface area contributed by atoms with Crippen molar-refractivity contribution in [1.29, 1.82) is 0 Å². The summed E-state index contributed by atoms with van der Waals surface area (Å²) in [4.78, 5) is 11.2. The van der Waals surface area contributed by atoms with Gasteiger partial charge in [0.25, 0.3) is 0 Å². The first-order chi connectivity index (χ1) is 6.66. The molecule has 0 aliphatic heterocycles. The molecule has 82 valence electrons. The third-order valence-corrected chi connectivity index (χ3v) is 1.79. The van der Waals surface area contributed by atoms with E-state index in [2.05, 4.69) is 23.6 Å². The number of carbonyl (C=O) groups excluding carboxylic acids is 1. The first-order valence-electron chi connectivity index (χ1n) is 5.27. The minimum Gasteiger partial charge on any atom is -0.355 e. The monoisotopic (exact) mass is 198 g/mol.